The molecule has 0 aromatic carbocycles. The molecule has 0 rings (SSSR count). The summed E-state index contributed by atoms with van der Waals surface area (Å²) < 4.78 is 0.841. The summed E-state index contributed by atoms with van der Waals surface area (Å²) in [4.78, 5) is 0. The van der Waals surface area contributed by atoms with E-state index in [4.69, 9.17) is 5.11 Å². The highest BCUT2D eigenvalue weighted by Crippen LogP contribution is 2.11. The molecule has 0 heterocycles. The van der Waals surface area contributed by atoms with Gasteiger partial charge in [-0.25, -0.2) is 0 Å². The van der Waals surface area contributed by atoms with Crippen molar-refractivity contribution in [2.45, 2.75) is 19.9 Å². The maximum absolute atomic E-state index is 9.02. The quantitative estimate of drug-likeness (QED) is 0.581. The predicted octanol–water partition coefficient (Wildman–Crippen LogP) is 0.710. The van der Waals surface area contributed by atoms with Crippen LogP contribution in [0.1, 0.15) is 13.8 Å². The Morgan fingerprint density at radius 3 is 1.60 bits per heavy atom. The van der Waals surface area contributed by atoms with E-state index in [1.807, 2.05) is 0 Å². The van der Waals surface area contributed by atoms with E-state index >= 15 is 0 Å². The topological polar surface area (TPSA) is 20.2 Å². The first kappa shape index (κ1) is 9.92. The van der Waals surface area contributed by atoms with Gasteiger partial charge in [-0.05, 0) is 0 Å². The van der Waals surface area contributed by atoms with E-state index in [1.54, 1.807) is 0 Å². The lowest BCUT2D eigenvalue weighted by molar-refractivity contribution is -0.900. The van der Waals surface area contributed by atoms with Crippen LogP contribution in [0.15, 0.2) is 0 Å². The molecule has 1 N–H and O–H groups in total. The summed E-state index contributed by atoms with van der Waals surface area (Å²) in [7, 11) is 6.34. The van der Waals surface area contributed by atoms with Crippen LogP contribution in [0.2, 0.25) is 0 Å². The molecule has 0 aromatic heterocycles. The molecule has 0 aliphatic heterocycles. The van der Waals surface area contributed by atoms with Crippen molar-refractivity contribution in [2.24, 2.45) is 5.92 Å². The molecule has 0 bridgehead atoms. The Morgan fingerprint density at radius 2 is 1.60 bits per heavy atom. The minimum atomic E-state index is 0.279. The van der Waals surface area contributed by atoms with Gasteiger partial charge in [0.05, 0.1) is 27.7 Å². The third kappa shape index (κ3) is 2.67. The molecule has 0 aliphatic carbocycles. The van der Waals surface area contributed by atoms with Crippen LogP contribution < -0.4 is 0 Å². The molecule has 1 unspecified atom stereocenters. The highest BCUT2D eigenvalue weighted by atomic mass is 16.3. The van der Waals surface area contributed by atoms with Crippen molar-refractivity contribution in [3.8, 4) is 0 Å². The molecule has 0 saturated carbocycles. The van der Waals surface area contributed by atoms with Gasteiger partial charge in [0.2, 0.25) is 0 Å². The number of aliphatic hydroxyl groups excluding tert-OH is 1. The molecular weight excluding hydrogens is 126 g/mol. The lowest BCUT2D eigenvalue weighted by atomic mass is 10.0. The molecule has 0 fully saturated rings. The van der Waals surface area contributed by atoms with Gasteiger partial charge in [-0.15, -0.1) is 0 Å². The molecule has 0 amide bonds. The van der Waals surface area contributed by atoms with Crippen molar-refractivity contribution in [3.05, 3.63) is 0 Å². The summed E-state index contributed by atoms with van der Waals surface area (Å²) in [5.41, 5.74) is 0. The molecule has 2 nitrogen and oxygen atoms in total. The van der Waals surface area contributed by atoms with Crippen LogP contribution in [0.25, 0.3) is 0 Å². The van der Waals surface area contributed by atoms with E-state index in [-0.39, 0.29) is 6.61 Å². The molecule has 62 valence electrons. The van der Waals surface area contributed by atoms with Crippen LogP contribution in [0, 0.1) is 5.92 Å². The second kappa shape index (κ2) is 3.35. The van der Waals surface area contributed by atoms with Gasteiger partial charge in [-0.1, -0.05) is 13.8 Å². The highest BCUT2D eigenvalue weighted by molar-refractivity contribution is 4.59. The summed E-state index contributed by atoms with van der Waals surface area (Å²) in [6.45, 7) is 4.57. The molecule has 0 saturated heterocycles. The van der Waals surface area contributed by atoms with Gasteiger partial charge >= 0.3 is 0 Å². The molecule has 0 aliphatic rings. The Kier molecular flexibility index (Phi) is 3.33. The number of likely N-dealkylation sites (N-methyl/N-ethyl adjacent to an activating group) is 1. The zero-order valence-corrected chi connectivity index (χ0v) is 7.76. The van der Waals surface area contributed by atoms with E-state index in [0.29, 0.717) is 12.0 Å². The molecule has 0 spiro atoms. The standard InChI is InChI=1S/C8H20NO/c1-7(2)8(6-10)9(3,4)5/h7-8,10H,6H2,1-5H3/q+1. The maximum Gasteiger partial charge on any atom is 0.114 e. The fourth-order valence-electron chi connectivity index (χ4n) is 1.35. The Morgan fingerprint density at radius 1 is 1.20 bits per heavy atom. The Hall–Kier alpha value is -0.0800. The Labute approximate surface area is 64.1 Å². The van der Waals surface area contributed by atoms with E-state index in [2.05, 4.69) is 35.0 Å². The number of aliphatic hydroxyl groups is 1. The van der Waals surface area contributed by atoms with Crippen LogP contribution in [0.5, 0.6) is 0 Å². The Bertz CT molecular complexity index is 93.9. The number of rotatable bonds is 3. The van der Waals surface area contributed by atoms with E-state index in [1.165, 1.54) is 0 Å². The van der Waals surface area contributed by atoms with Crippen LogP contribution in [0.4, 0.5) is 0 Å². The first-order chi connectivity index (χ1) is 4.39. The molecule has 0 aromatic rings. The fraction of sp³-hybridized carbons (Fsp3) is 1.00. The predicted molar refractivity (Wildman–Crippen MR) is 43.7 cm³/mol. The largest absolute Gasteiger partial charge is 0.390 e. The maximum atomic E-state index is 9.02. The average Bonchev–Trinajstić information content (AvgIpc) is 1.60. The lowest BCUT2D eigenvalue weighted by Crippen LogP contribution is -2.50. The summed E-state index contributed by atoms with van der Waals surface area (Å²) in [6.07, 6.45) is 0. The SMILES string of the molecule is CC(C)C(CO)[N+](C)(C)C. The summed E-state index contributed by atoms with van der Waals surface area (Å²) in [5.74, 6) is 0.546. The van der Waals surface area contributed by atoms with Crippen LogP contribution in [0.3, 0.4) is 0 Å². The van der Waals surface area contributed by atoms with Crippen molar-refractivity contribution in [2.75, 3.05) is 27.7 Å². The van der Waals surface area contributed by atoms with Crippen molar-refractivity contribution in [1.82, 2.24) is 0 Å². The summed E-state index contributed by atoms with van der Waals surface area (Å²) in [6, 6.07) is 0.361. The second-order valence-electron chi connectivity index (χ2n) is 4.11. The van der Waals surface area contributed by atoms with Gasteiger partial charge in [0.15, 0.2) is 0 Å². The van der Waals surface area contributed by atoms with E-state index in [0.717, 1.165) is 4.48 Å². The third-order valence-corrected chi connectivity index (χ3v) is 1.95. The number of quaternary nitrogens is 1. The van der Waals surface area contributed by atoms with Crippen molar-refractivity contribution in [1.29, 1.82) is 0 Å². The summed E-state index contributed by atoms with van der Waals surface area (Å²) in [5, 5.41) is 9.02. The second-order valence-corrected chi connectivity index (χ2v) is 4.11. The average molecular weight is 146 g/mol. The zero-order valence-electron chi connectivity index (χ0n) is 7.76. The molecule has 2 heteroatoms. The zero-order chi connectivity index (χ0) is 8.36. The van der Waals surface area contributed by atoms with E-state index < -0.39 is 0 Å². The minimum Gasteiger partial charge on any atom is -0.390 e. The lowest BCUT2D eigenvalue weighted by Gasteiger charge is -2.35. The molecular formula is C8H20NO+. The molecule has 10 heavy (non-hydrogen) atoms. The minimum absolute atomic E-state index is 0.279. The number of hydrogen-bond donors (Lipinski definition) is 1. The van der Waals surface area contributed by atoms with Gasteiger partial charge < -0.3 is 9.59 Å². The summed E-state index contributed by atoms with van der Waals surface area (Å²) >= 11 is 0. The molecule has 0 radical (unpaired) electrons. The van der Waals surface area contributed by atoms with Crippen LogP contribution in [-0.2, 0) is 0 Å². The van der Waals surface area contributed by atoms with Gasteiger partial charge in [0.25, 0.3) is 0 Å². The third-order valence-electron chi connectivity index (χ3n) is 1.95. The first-order valence-corrected chi connectivity index (χ1v) is 3.81. The van der Waals surface area contributed by atoms with Crippen LogP contribution >= 0.6 is 0 Å². The fourth-order valence-corrected chi connectivity index (χ4v) is 1.35. The van der Waals surface area contributed by atoms with Crippen molar-refractivity contribution in [3.63, 3.8) is 0 Å². The van der Waals surface area contributed by atoms with Gasteiger partial charge in [-0.2, -0.15) is 0 Å². The monoisotopic (exact) mass is 146 g/mol. The highest BCUT2D eigenvalue weighted by Gasteiger charge is 2.25. The number of nitrogens with zero attached hydrogens (tertiary/aromatic N) is 1. The molecule has 1 atom stereocenters. The smallest absolute Gasteiger partial charge is 0.114 e. The van der Waals surface area contributed by atoms with Crippen molar-refractivity contribution >= 4 is 0 Å². The van der Waals surface area contributed by atoms with Gasteiger partial charge in [-0.3, -0.25) is 0 Å². The Balaban J connectivity index is 4.07. The van der Waals surface area contributed by atoms with E-state index in [9.17, 15) is 0 Å². The van der Waals surface area contributed by atoms with Crippen molar-refractivity contribution < 1.29 is 9.59 Å². The van der Waals surface area contributed by atoms with Gasteiger partial charge in [0, 0.05) is 5.92 Å². The first-order valence-electron chi connectivity index (χ1n) is 3.81. The van der Waals surface area contributed by atoms with Crippen LogP contribution in [-0.4, -0.2) is 43.4 Å². The van der Waals surface area contributed by atoms with Gasteiger partial charge in [0.1, 0.15) is 6.04 Å². The normalized spacial score (nSPS) is 15.9. The number of hydrogen-bond acceptors (Lipinski definition) is 1.